The molecule has 6 unspecified atom stereocenters. The molecule has 26 heteroatoms. The summed E-state index contributed by atoms with van der Waals surface area (Å²) in [5.74, 6) is -1.33. The Hall–Kier alpha value is -2.82. The van der Waals surface area contributed by atoms with Crippen molar-refractivity contribution in [1.82, 2.24) is 29.9 Å². The van der Waals surface area contributed by atoms with Gasteiger partial charge in [0.05, 0.1) is 89.1 Å². The molecule has 6 rings (SSSR count). The van der Waals surface area contributed by atoms with Crippen LogP contribution in [0.2, 0.25) is 10.0 Å². The van der Waals surface area contributed by atoms with Crippen molar-refractivity contribution < 1.29 is 65.1 Å². The number of aliphatic hydroxyl groups is 2. The molecule has 0 spiro atoms. The number of amides is 2. The summed E-state index contributed by atoms with van der Waals surface area (Å²) in [5, 5.41) is 26.2. The van der Waals surface area contributed by atoms with Gasteiger partial charge in [0, 0.05) is 79.1 Å². The Balaban J connectivity index is 0.713. The number of piperidine rings is 1. The van der Waals surface area contributed by atoms with E-state index in [0.717, 1.165) is 48.2 Å². The second kappa shape index (κ2) is 32.1. The number of carbonyl (C=O) groups excluding carboxylic acids is 2. The van der Waals surface area contributed by atoms with E-state index >= 15 is 0 Å². The van der Waals surface area contributed by atoms with Gasteiger partial charge < -0.3 is 59.1 Å². The van der Waals surface area contributed by atoms with Crippen molar-refractivity contribution in [1.29, 1.82) is 0 Å². The molecule has 1 saturated carbocycles. The van der Waals surface area contributed by atoms with Crippen LogP contribution in [-0.4, -0.2) is 211 Å². The normalized spacial score (nSPS) is 21.8. The number of likely N-dealkylation sites (tertiary alicyclic amines) is 1. The zero-order valence-corrected chi connectivity index (χ0v) is 48.6. The smallest absolute Gasteiger partial charge is 0.252 e. The second-order valence-electron chi connectivity index (χ2n) is 19.5. The Bertz CT molecular complexity index is 2620. The molecule has 0 radical (unpaired) electrons. The summed E-state index contributed by atoms with van der Waals surface area (Å²) in [6.45, 7) is 5.30. The molecule has 3 aromatic carbocycles. The number of carbonyl (C=O) groups is 2. The number of hydrogen-bond donors (Lipinski definition) is 6. The number of alkyl halides is 2. The molecule has 8 atom stereocenters. The topological polar surface area (TPSA) is 253 Å². The minimum Gasteiger partial charge on any atom is -0.380 e. The van der Waals surface area contributed by atoms with Crippen LogP contribution in [0.1, 0.15) is 46.9 Å². The summed E-state index contributed by atoms with van der Waals surface area (Å²) in [6.07, 6.45) is -2.41. The number of nitrogens with one attached hydrogen (secondary N) is 4. The third kappa shape index (κ3) is 19.7. The minimum atomic E-state index is -3.82. The van der Waals surface area contributed by atoms with Gasteiger partial charge in [0.2, 0.25) is 20.0 Å². The van der Waals surface area contributed by atoms with Crippen LogP contribution in [0.4, 0.5) is 0 Å². The first-order chi connectivity index (χ1) is 37.3. The van der Waals surface area contributed by atoms with Gasteiger partial charge in [-0.1, -0.05) is 47.5 Å². The van der Waals surface area contributed by atoms with Gasteiger partial charge in [0.1, 0.15) is 0 Å². The number of nitrogens with zero attached hydrogens (tertiary/aromatic N) is 2. The SMILES string of the molecule is CN1Cc2c(Cl)cc(Cl)cc2C(c2cccc(S(=O)(=O)NCCOCCOCCOCCNC(=O)[C@@H](O)C(O)C(=O)NCCOCCOCCOCCNS(=O)(=O)c3cccc(C4CN(C)C[C@@H]5C(Cl)CC(Cl)CC45)c3)c2)C1. The maximum atomic E-state index is 13.2. The number of fused-ring (bicyclic) bond motifs is 2. The van der Waals surface area contributed by atoms with E-state index in [0.29, 0.717) is 29.1 Å². The fraction of sp³-hybridized carbons (Fsp3) is 0.615. The summed E-state index contributed by atoms with van der Waals surface area (Å²) >= 11 is 26.2. The highest BCUT2D eigenvalue weighted by Crippen LogP contribution is 2.47. The van der Waals surface area contributed by atoms with Gasteiger partial charge in [-0.25, -0.2) is 26.3 Å². The Morgan fingerprint density at radius 3 is 1.60 bits per heavy atom. The lowest BCUT2D eigenvalue weighted by Crippen LogP contribution is -2.50. The van der Waals surface area contributed by atoms with Gasteiger partial charge in [-0.15, -0.1) is 23.2 Å². The molecule has 2 heterocycles. The zero-order valence-electron chi connectivity index (χ0n) is 44.0. The summed E-state index contributed by atoms with van der Waals surface area (Å²) in [7, 11) is -3.54. The number of hydrogen-bond acceptors (Lipinski definition) is 16. The molecule has 78 heavy (non-hydrogen) atoms. The fourth-order valence-electron chi connectivity index (χ4n) is 9.90. The maximum absolute atomic E-state index is 13.2. The van der Waals surface area contributed by atoms with E-state index in [4.69, 9.17) is 74.8 Å². The number of benzene rings is 3. The first-order valence-corrected chi connectivity index (χ1v) is 30.6. The molecule has 436 valence electrons. The monoisotopic (exact) mass is 1210 g/mol. The molecule has 2 aliphatic heterocycles. The maximum Gasteiger partial charge on any atom is 0.252 e. The van der Waals surface area contributed by atoms with Gasteiger partial charge >= 0.3 is 0 Å². The largest absolute Gasteiger partial charge is 0.380 e. The molecule has 0 aromatic heterocycles. The number of sulfonamides is 2. The van der Waals surface area contributed by atoms with Gasteiger partial charge in [-0.2, -0.15) is 0 Å². The third-order valence-corrected chi connectivity index (χ3v) is 18.1. The molecular formula is C52H74Cl4N6O14S2. The summed E-state index contributed by atoms with van der Waals surface area (Å²) in [6, 6.07) is 17.5. The average Bonchev–Trinajstić information content (AvgIpc) is 3.50. The predicted octanol–water partition coefficient (Wildman–Crippen LogP) is 3.15. The van der Waals surface area contributed by atoms with Crippen molar-refractivity contribution in [3.8, 4) is 0 Å². The lowest BCUT2D eigenvalue weighted by atomic mass is 9.67. The van der Waals surface area contributed by atoms with Crippen LogP contribution in [0.5, 0.6) is 0 Å². The molecular weight excluding hydrogens is 1140 g/mol. The highest BCUT2D eigenvalue weighted by Gasteiger charge is 2.44. The zero-order chi connectivity index (χ0) is 56.2. The van der Waals surface area contributed by atoms with Crippen molar-refractivity contribution in [2.24, 2.45) is 11.8 Å². The number of aliphatic hydroxyl groups excluding tert-OH is 2. The van der Waals surface area contributed by atoms with E-state index in [1.807, 2.05) is 25.2 Å². The number of halogens is 4. The van der Waals surface area contributed by atoms with Crippen LogP contribution in [-0.2, 0) is 64.6 Å². The standard InChI is InChI=1S/C52H74Cl4N6O14S2/c1-61-31-43(41-27-37(53)29-47(55)45(41)33-61)35-5-3-7-39(25-35)77(67,68)59-11-15-73-19-23-75-21-17-71-13-9-57-51(65)49(63)50(64)52(66)58-10-14-72-18-22-76-24-20-74-16-12-60-78(69,70)40-8-4-6-36(26-40)44-32-62(2)34-46-42(44)28-38(54)30-48(46)56/h3-8,25-27,29,38,42-44,46,48-50,59-60,63-64H,9-24,28,30-34H2,1-2H3,(H,57,65)(H,58,66)/t38?,42?,43?,44?,46-,48?,49-,50?/m0/s1. The van der Waals surface area contributed by atoms with Gasteiger partial charge in [0.25, 0.3) is 11.8 Å². The second-order valence-corrected chi connectivity index (χ2v) is 25.1. The van der Waals surface area contributed by atoms with Crippen LogP contribution in [0, 0.1) is 11.8 Å². The number of ether oxygens (including phenoxy) is 6. The van der Waals surface area contributed by atoms with Crippen LogP contribution in [0.3, 0.4) is 0 Å². The van der Waals surface area contributed by atoms with Crippen molar-refractivity contribution >= 4 is 78.3 Å². The van der Waals surface area contributed by atoms with E-state index in [2.05, 4.69) is 36.9 Å². The van der Waals surface area contributed by atoms with Crippen molar-refractivity contribution in [3.05, 3.63) is 93.0 Å². The van der Waals surface area contributed by atoms with E-state index < -0.39 is 44.1 Å². The number of rotatable bonds is 33. The van der Waals surface area contributed by atoms with E-state index in [1.165, 1.54) is 0 Å². The molecule has 2 amide bonds. The molecule has 3 aliphatic rings. The lowest BCUT2D eigenvalue weighted by Gasteiger charge is -2.48. The van der Waals surface area contributed by atoms with Crippen LogP contribution >= 0.6 is 46.4 Å². The summed E-state index contributed by atoms with van der Waals surface area (Å²) in [5.41, 5.74) is 3.75. The number of likely N-dealkylation sites (N-methyl/N-ethyl adjacent to an activating group) is 2. The van der Waals surface area contributed by atoms with Crippen molar-refractivity contribution in [3.63, 3.8) is 0 Å². The lowest BCUT2D eigenvalue weighted by molar-refractivity contribution is -0.146. The van der Waals surface area contributed by atoms with Crippen molar-refractivity contribution in [2.75, 3.05) is 139 Å². The molecule has 1 saturated heterocycles. The molecule has 20 nitrogen and oxygen atoms in total. The first kappa shape index (κ1) is 64.3. The third-order valence-electron chi connectivity index (χ3n) is 13.7. The van der Waals surface area contributed by atoms with E-state index in [9.17, 15) is 36.6 Å². The highest BCUT2D eigenvalue weighted by molar-refractivity contribution is 7.89. The molecule has 1 aliphatic carbocycles. The molecule has 6 N–H and O–H groups in total. The molecule has 0 bridgehead atoms. The van der Waals surface area contributed by atoms with Crippen LogP contribution < -0.4 is 20.1 Å². The average molecular weight is 1210 g/mol. The quantitative estimate of drug-likeness (QED) is 0.0379. The first-order valence-electron chi connectivity index (χ1n) is 26.0. The fourth-order valence-corrected chi connectivity index (χ4v) is 13.6. The van der Waals surface area contributed by atoms with Crippen LogP contribution in [0.25, 0.3) is 0 Å². The molecule has 3 aromatic rings. The van der Waals surface area contributed by atoms with E-state index in [-0.39, 0.29) is 144 Å². The van der Waals surface area contributed by atoms with Gasteiger partial charge in [-0.05, 0) is 103 Å². The summed E-state index contributed by atoms with van der Waals surface area (Å²) < 4.78 is 90.6. The molecule has 2 fully saturated rings. The van der Waals surface area contributed by atoms with Gasteiger partial charge in [-0.3, -0.25) is 9.59 Å². The summed E-state index contributed by atoms with van der Waals surface area (Å²) in [4.78, 5) is 29.3. The van der Waals surface area contributed by atoms with Gasteiger partial charge in [0.15, 0.2) is 12.2 Å². The predicted molar refractivity (Wildman–Crippen MR) is 297 cm³/mol. The van der Waals surface area contributed by atoms with Crippen molar-refractivity contribution in [2.45, 2.75) is 64.0 Å². The Morgan fingerprint density at radius 1 is 0.603 bits per heavy atom. The highest BCUT2D eigenvalue weighted by atomic mass is 35.5. The Kier molecular flexibility index (Phi) is 26.5. The van der Waals surface area contributed by atoms with Crippen LogP contribution in [0.15, 0.2) is 70.5 Å². The Morgan fingerprint density at radius 2 is 1.08 bits per heavy atom. The minimum absolute atomic E-state index is 0.00189. The Labute approximate surface area is 478 Å². The van der Waals surface area contributed by atoms with E-state index in [1.54, 1.807) is 42.5 Å².